The normalized spacial score (nSPS) is 21.6. The smallest absolute Gasteiger partial charge is 0.0558 e. The van der Waals surface area contributed by atoms with Gasteiger partial charge in [0.05, 0.1) is 6.61 Å². The molecule has 0 bridgehead atoms. The van der Waals surface area contributed by atoms with Crippen molar-refractivity contribution in [3.05, 3.63) is 0 Å². The van der Waals surface area contributed by atoms with E-state index in [0.717, 1.165) is 19.6 Å². The first kappa shape index (κ1) is 12.9. The maximum atomic E-state index is 8.91. The SMILES string of the molecule is CN(CCO)CC1(CN)CCCCCC1. The lowest BCUT2D eigenvalue weighted by molar-refractivity contribution is 0.136. The Morgan fingerprint density at radius 3 is 2.27 bits per heavy atom. The molecule has 0 aromatic rings. The highest BCUT2D eigenvalue weighted by molar-refractivity contribution is 4.85. The Labute approximate surface area is 93.6 Å². The largest absolute Gasteiger partial charge is 0.395 e. The first-order valence-electron chi connectivity index (χ1n) is 6.22. The first-order valence-corrected chi connectivity index (χ1v) is 6.22. The van der Waals surface area contributed by atoms with Crippen LogP contribution in [0.15, 0.2) is 0 Å². The molecule has 3 N–H and O–H groups in total. The Bertz CT molecular complexity index is 165. The second kappa shape index (κ2) is 6.46. The Kier molecular flexibility index (Phi) is 5.58. The molecule has 90 valence electrons. The molecule has 0 aliphatic heterocycles. The molecule has 1 fully saturated rings. The molecular weight excluding hydrogens is 188 g/mol. The summed E-state index contributed by atoms with van der Waals surface area (Å²) in [6, 6.07) is 0. The summed E-state index contributed by atoms with van der Waals surface area (Å²) in [5, 5.41) is 8.91. The van der Waals surface area contributed by atoms with E-state index >= 15 is 0 Å². The number of likely N-dealkylation sites (N-methyl/N-ethyl adjacent to an activating group) is 1. The van der Waals surface area contributed by atoms with Gasteiger partial charge in [-0.25, -0.2) is 0 Å². The fourth-order valence-corrected chi connectivity index (χ4v) is 2.73. The topological polar surface area (TPSA) is 49.5 Å². The van der Waals surface area contributed by atoms with E-state index in [1.165, 1.54) is 38.5 Å². The van der Waals surface area contributed by atoms with Crippen LogP contribution < -0.4 is 5.73 Å². The predicted octanol–water partition coefficient (Wildman–Crippen LogP) is 1.21. The van der Waals surface area contributed by atoms with Crippen LogP contribution in [-0.2, 0) is 0 Å². The summed E-state index contributed by atoms with van der Waals surface area (Å²) in [5.74, 6) is 0. The quantitative estimate of drug-likeness (QED) is 0.676. The molecule has 0 radical (unpaired) electrons. The summed E-state index contributed by atoms with van der Waals surface area (Å²) in [6.07, 6.45) is 7.91. The number of aliphatic hydroxyl groups is 1. The van der Waals surface area contributed by atoms with E-state index in [4.69, 9.17) is 10.8 Å². The number of rotatable bonds is 5. The minimum atomic E-state index is 0.247. The Morgan fingerprint density at radius 2 is 1.80 bits per heavy atom. The lowest BCUT2D eigenvalue weighted by Crippen LogP contribution is -2.41. The summed E-state index contributed by atoms with van der Waals surface area (Å²) in [6.45, 7) is 2.85. The number of hydrogen-bond donors (Lipinski definition) is 2. The van der Waals surface area contributed by atoms with E-state index < -0.39 is 0 Å². The second-order valence-electron chi connectivity index (χ2n) is 5.08. The number of nitrogens with zero attached hydrogens (tertiary/aromatic N) is 1. The van der Waals surface area contributed by atoms with Gasteiger partial charge in [0, 0.05) is 13.1 Å². The molecule has 1 saturated carbocycles. The Hall–Kier alpha value is -0.120. The summed E-state index contributed by atoms with van der Waals surface area (Å²) >= 11 is 0. The van der Waals surface area contributed by atoms with Crippen LogP contribution in [-0.4, -0.2) is 43.3 Å². The Morgan fingerprint density at radius 1 is 1.20 bits per heavy atom. The van der Waals surface area contributed by atoms with Crippen LogP contribution in [0.2, 0.25) is 0 Å². The van der Waals surface area contributed by atoms with Crippen molar-refractivity contribution in [2.45, 2.75) is 38.5 Å². The van der Waals surface area contributed by atoms with Crippen molar-refractivity contribution in [1.82, 2.24) is 4.90 Å². The monoisotopic (exact) mass is 214 g/mol. The van der Waals surface area contributed by atoms with E-state index in [9.17, 15) is 0 Å². The van der Waals surface area contributed by atoms with Crippen molar-refractivity contribution >= 4 is 0 Å². The fourth-order valence-electron chi connectivity index (χ4n) is 2.73. The third-order valence-corrected chi connectivity index (χ3v) is 3.68. The van der Waals surface area contributed by atoms with Gasteiger partial charge in [-0.15, -0.1) is 0 Å². The van der Waals surface area contributed by atoms with E-state index in [1.807, 2.05) is 0 Å². The standard InChI is InChI=1S/C12H26N2O/c1-14(8-9-15)11-12(10-13)6-4-2-3-5-7-12/h15H,2-11,13H2,1H3. The predicted molar refractivity (Wildman–Crippen MR) is 63.8 cm³/mol. The summed E-state index contributed by atoms with van der Waals surface area (Å²) in [5.41, 5.74) is 6.28. The molecule has 0 aromatic heterocycles. The molecule has 15 heavy (non-hydrogen) atoms. The minimum absolute atomic E-state index is 0.247. The van der Waals surface area contributed by atoms with Gasteiger partial charge in [-0.1, -0.05) is 25.7 Å². The third kappa shape index (κ3) is 4.09. The molecule has 1 rings (SSSR count). The zero-order valence-electron chi connectivity index (χ0n) is 10.0. The molecule has 0 unspecified atom stereocenters. The zero-order chi connectivity index (χ0) is 11.1. The molecule has 1 aliphatic rings. The van der Waals surface area contributed by atoms with Crippen LogP contribution >= 0.6 is 0 Å². The summed E-state index contributed by atoms with van der Waals surface area (Å²) in [7, 11) is 2.08. The molecule has 0 aromatic carbocycles. The van der Waals surface area contributed by atoms with Crippen molar-refractivity contribution in [2.75, 3.05) is 33.3 Å². The average Bonchev–Trinajstić information content (AvgIpc) is 2.44. The van der Waals surface area contributed by atoms with Crippen LogP contribution in [0.5, 0.6) is 0 Å². The number of nitrogens with two attached hydrogens (primary N) is 1. The zero-order valence-corrected chi connectivity index (χ0v) is 10.0. The molecule has 0 heterocycles. The molecule has 0 saturated heterocycles. The minimum Gasteiger partial charge on any atom is -0.395 e. The number of aliphatic hydroxyl groups excluding tert-OH is 1. The van der Waals surface area contributed by atoms with Crippen LogP contribution in [0.3, 0.4) is 0 Å². The van der Waals surface area contributed by atoms with Gasteiger partial charge in [0.15, 0.2) is 0 Å². The van der Waals surface area contributed by atoms with E-state index in [-0.39, 0.29) is 6.61 Å². The van der Waals surface area contributed by atoms with Crippen LogP contribution in [0.25, 0.3) is 0 Å². The molecule has 1 aliphatic carbocycles. The van der Waals surface area contributed by atoms with Crippen LogP contribution in [0, 0.1) is 5.41 Å². The summed E-state index contributed by atoms with van der Waals surface area (Å²) in [4.78, 5) is 2.22. The fraction of sp³-hybridized carbons (Fsp3) is 1.00. The maximum absolute atomic E-state index is 8.91. The summed E-state index contributed by atoms with van der Waals surface area (Å²) < 4.78 is 0. The van der Waals surface area contributed by atoms with Gasteiger partial charge in [-0.3, -0.25) is 0 Å². The van der Waals surface area contributed by atoms with Gasteiger partial charge in [0.25, 0.3) is 0 Å². The van der Waals surface area contributed by atoms with Crippen LogP contribution in [0.4, 0.5) is 0 Å². The van der Waals surface area contributed by atoms with Gasteiger partial charge in [-0.2, -0.15) is 0 Å². The molecule has 0 spiro atoms. The Balaban J connectivity index is 2.49. The molecule has 0 atom stereocenters. The van der Waals surface area contributed by atoms with Gasteiger partial charge in [0.2, 0.25) is 0 Å². The molecule has 3 heteroatoms. The molecular formula is C12H26N2O. The maximum Gasteiger partial charge on any atom is 0.0558 e. The van der Waals surface area contributed by atoms with Crippen molar-refractivity contribution in [2.24, 2.45) is 11.1 Å². The average molecular weight is 214 g/mol. The van der Waals surface area contributed by atoms with Gasteiger partial charge in [-0.05, 0) is 31.8 Å². The van der Waals surface area contributed by atoms with Gasteiger partial charge >= 0.3 is 0 Å². The lowest BCUT2D eigenvalue weighted by Gasteiger charge is -2.35. The lowest BCUT2D eigenvalue weighted by atomic mass is 9.80. The van der Waals surface area contributed by atoms with E-state index in [2.05, 4.69) is 11.9 Å². The van der Waals surface area contributed by atoms with Gasteiger partial charge < -0.3 is 15.7 Å². The van der Waals surface area contributed by atoms with Crippen molar-refractivity contribution < 1.29 is 5.11 Å². The van der Waals surface area contributed by atoms with Crippen molar-refractivity contribution in [3.63, 3.8) is 0 Å². The van der Waals surface area contributed by atoms with Crippen LogP contribution in [0.1, 0.15) is 38.5 Å². The third-order valence-electron chi connectivity index (χ3n) is 3.68. The highest BCUT2D eigenvalue weighted by atomic mass is 16.3. The highest BCUT2D eigenvalue weighted by Crippen LogP contribution is 2.34. The second-order valence-corrected chi connectivity index (χ2v) is 5.08. The van der Waals surface area contributed by atoms with Gasteiger partial charge in [0.1, 0.15) is 0 Å². The highest BCUT2D eigenvalue weighted by Gasteiger charge is 2.30. The molecule has 0 amide bonds. The number of hydrogen-bond acceptors (Lipinski definition) is 3. The molecule has 3 nitrogen and oxygen atoms in total. The van der Waals surface area contributed by atoms with E-state index in [0.29, 0.717) is 5.41 Å². The first-order chi connectivity index (χ1) is 7.22. The van der Waals surface area contributed by atoms with Crippen molar-refractivity contribution in [3.8, 4) is 0 Å². The van der Waals surface area contributed by atoms with Crippen molar-refractivity contribution in [1.29, 1.82) is 0 Å². The van der Waals surface area contributed by atoms with E-state index in [1.54, 1.807) is 0 Å².